The van der Waals surface area contributed by atoms with Crippen molar-refractivity contribution in [1.29, 1.82) is 0 Å². The highest BCUT2D eigenvalue weighted by molar-refractivity contribution is 5.78. The molecule has 8 nitrogen and oxygen atoms in total. The fraction of sp³-hybridized carbons (Fsp3) is 0.921. The van der Waals surface area contributed by atoms with E-state index in [4.69, 9.17) is 14.2 Å². The number of rotatable bonds is 6. The lowest BCUT2D eigenvalue weighted by Gasteiger charge is -2.73. The summed E-state index contributed by atoms with van der Waals surface area (Å²) < 4.78 is 18.1. The van der Waals surface area contributed by atoms with Crippen LogP contribution in [0.4, 0.5) is 0 Å². The van der Waals surface area contributed by atoms with Gasteiger partial charge in [-0.3, -0.25) is 4.79 Å². The Kier molecular flexibility index (Phi) is 8.93. The molecular weight excluding hydrogens is 584 g/mol. The monoisotopic (exact) mass is 646 g/mol. The van der Waals surface area contributed by atoms with E-state index < -0.39 is 37.3 Å². The second kappa shape index (κ2) is 11.8. The van der Waals surface area contributed by atoms with Crippen molar-refractivity contribution in [1.82, 2.24) is 0 Å². The molecule has 0 aromatic carbocycles. The lowest BCUT2D eigenvalue weighted by Crippen LogP contribution is -2.67. The van der Waals surface area contributed by atoms with Crippen molar-refractivity contribution in [3.05, 3.63) is 12.2 Å². The third-order valence-electron chi connectivity index (χ3n) is 15.8. The van der Waals surface area contributed by atoms with E-state index in [9.17, 15) is 25.2 Å². The highest BCUT2D eigenvalue weighted by atomic mass is 16.7. The van der Waals surface area contributed by atoms with E-state index in [0.717, 1.165) is 64.2 Å². The third-order valence-corrected chi connectivity index (χ3v) is 15.8. The molecule has 262 valence electrons. The summed E-state index contributed by atoms with van der Waals surface area (Å²) in [6.07, 6.45) is 3.77. The van der Waals surface area contributed by atoms with Crippen molar-refractivity contribution in [3.8, 4) is 0 Å². The Morgan fingerprint density at radius 3 is 2.22 bits per heavy atom. The normalized spacial score (nSPS) is 52.9. The molecule has 0 bridgehead atoms. The van der Waals surface area contributed by atoms with Crippen molar-refractivity contribution in [3.63, 3.8) is 0 Å². The average Bonchev–Trinajstić information content (AvgIpc) is 3.40. The number of carbonyl (C=O) groups is 1. The molecule has 15 atom stereocenters. The molecule has 0 aromatic rings. The standard InChI is InChI=1S/C38H62O8/c1-9-44-33(43)38-17-12-22(21(2)3)28(38)23-10-11-26-35(6)15-14-27(46-32-31(42)30(41)29(40)24(20-39)45-32)34(4,5)25(35)13-16-37(26,8)36(23,7)18-19-38/h22-32,39-42H,2,9-20H2,1,3-8H3/t22?,23?,24-,25?,26?,27?,28?,29-,30+,31-,32?,35?,36?,37?,38?/m1/s1. The summed E-state index contributed by atoms with van der Waals surface area (Å²) in [6, 6.07) is 0. The van der Waals surface area contributed by atoms with Crippen LogP contribution in [0.25, 0.3) is 0 Å². The Labute approximate surface area is 276 Å². The first-order chi connectivity index (χ1) is 21.5. The number of aliphatic hydroxyl groups is 4. The van der Waals surface area contributed by atoms with Crippen molar-refractivity contribution < 1.29 is 39.4 Å². The fourth-order valence-corrected chi connectivity index (χ4v) is 13.3. The second-order valence-corrected chi connectivity index (χ2v) is 17.7. The van der Waals surface area contributed by atoms with Gasteiger partial charge in [0.25, 0.3) is 0 Å². The van der Waals surface area contributed by atoms with E-state index in [-0.39, 0.29) is 39.1 Å². The summed E-state index contributed by atoms with van der Waals surface area (Å²) in [5.41, 5.74) is 1.01. The Morgan fingerprint density at radius 1 is 0.848 bits per heavy atom. The quantitative estimate of drug-likeness (QED) is 0.172. The number of ether oxygens (including phenoxy) is 3. The Balaban J connectivity index is 1.27. The third kappa shape index (κ3) is 4.70. The number of allylic oxidation sites excluding steroid dienone is 1. The lowest BCUT2D eigenvalue weighted by molar-refractivity contribution is -0.331. The minimum absolute atomic E-state index is 0.0354. The van der Waals surface area contributed by atoms with Crippen LogP contribution in [0.15, 0.2) is 12.2 Å². The molecule has 6 fully saturated rings. The van der Waals surface area contributed by atoms with Gasteiger partial charge >= 0.3 is 5.97 Å². The van der Waals surface area contributed by atoms with Gasteiger partial charge in [0.1, 0.15) is 24.4 Å². The molecule has 0 radical (unpaired) electrons. The van der Waals surface area contributed by atoms with Crippen LogP contribution in [0.1, 0.15) is 113 Å². The zero-order valence-electron chi connectivity index (χ0n) is 29.5. The highest BCUT2D eigenvalue weighted by Gasteiger charge is 2.72. The molecule has 0 aromatic heterocycles. The molecule has 11 unspecified atom stereocenters. The van der Waals surface area contributed by atoms with Gasteiger partial charge in [0, 0.05) is 0 Å². The highest BCUT2D eigenvalue weighted by Crippen LogP contribution is 2.77. The molecule has 5 saturated carbocycles. The smallest absolute Gasteiger partial charge is 0.312 e. The zero-order chi connectivity index (χ0) is 33.6. The van der Waals surface area contributed by atoms with E-state index in [1.807, 2.05) is 6.92 Å². The summed E-state index contributed by atoms with van der Waals surface area (Å²) in [5, 5.41) is 41.2. The van der Waals surface area contributed by atoms with Crippen LogP contribution in [0.3, 0.4) is 0 Å². The second-order valence-electron chi connectivity index (χ2n) is 17.7. The van der Waals surface area contributed by atoms with Gasteiger partial charge in [-0.15, -0.1) is 0 Å². The van der Waals surface area contributed by atoms with Crippen LogP contribution in [0.5, 0.6) is 0 Å². The predicted octanol–water partition coefficient (Wildman–Crippen LogP) is 5.39. The van der Waals surface area contributed by atoms with Gasteiger partial charge in [-0.1, -0.05) is 46.8 Å². The zero-order valence-corrected chi connectivity index (χ0v) is 29.5. The van der Waals surface area contributed by atoms with Gasteiger partial charge in [0.15, 0.2) is 6.29 Å². The average molecular weight is 647 g/mol. The summed E-state index contributed by atoms with van der Waals surface area (Å²) >= 11 is 0. The van der Waals surface area contributed by atoms with Crippen molar-refractivity contribution in [2.75, 3.05) is 13.2 Å². The van der Waals surface area contributed by atoms with E-state index in [2.05, 4.69) is 48.1 Å². The molecule has 1 aliphatic heterocycles. The first-order valence-electron chi connectivity index (χ1n) is 18.3. The van der Waals surface area contributed by atoms with Crippen LogP contribution in [-0.2, 0) is 19.0 Å². The van der Waals surface area contributed by atoms with Crippen LogP contribution >= 0.6 is 0 Å². The van der Waals surface area contributed by atoms with E-state index in [1.165, 1.54) is 5.57 Å². The minimum atomic E-state index is -1.44. The van der Waals surface area contributed by atoms with Crippen molar-refractivity contribution in [2.45, 2.75) is 149 Å². The molecule has 6 aliphatic rings. The van der Waals surface area contributed by atoms with Crippen molar-refractivity contribution in [2.24, 2.45) is 56.7 Å². The molecular formula is C38H62O8. The Hall–Kier alpha value is -1.03. The molecule has 0 spiro atoms. The van der Waals surface area contributed by atoms with E-state index >= 15 is 0 Å². The predicted molar refractivity (Wildman–Crippen MR) is 174 cm³/mol. The number of esters is 1. The first kappa shape index (κ1) is 34.8. The van der Waals surface area contributed by atoms with Gasteiger partial charge in [-0.25, -0.2) is 0 Å². The maximum absolute atomic E-state index is 13.8. The Bertz CT molecular complexity index is 1190. The number of hydrogen-bond donors (Lipinski definition) is 4. The fourth-order valence-electron chi connectivity index (χ4n) is 13.3. The van der Waals surface area contributed by atoms with Gasteiger partial charge in [0.05, 0.1) is 24.7 Å². The van der Waals surface area contributed by atoms with Crippen LogP contribution < -0.4 is 0 Å². The van der Waals surface area contributed by atoms with Crippen LogP contribution in [0, 0.1) is 56.7 Å². The lowest BCUT2D eigenvalue weighted by atomic mass is 9.32. The number of hydrogen-bond acceptors (Lipinski definition) is 8. The number of fused-ring (bicyclic) bond motifs is 7. The van der Waals surface area contributed by atoms with Crippen molar-refractivity contribution >= 4 is 5.97 Å². The van der Waals surface area contributed by atoms with Crippen LogP contribution in [-0.4, -0.2) is 76.4 Å². The SMILES string of the molecule is C=C(C)C1CCC2(C(=O)OCC)CCC3(C)C(CCC4C5(C)CCC(OC6O[C@H](CO)[C@@H](O)[C@H](O)[C@H]6O)C(C)(C)C5CCC43C)C12. The van der Waals surface area contributed by atoms with Gasteiger partial charge in [-0.2, -0.15) is 0 Å². The van der Waals surface area contributed by atoms with Gasteiger partial charge < -0.3 is 34.6 Å². The topological polar surface area (TPSA) is 126 Å². The molecule has 0 amide bonds. The number of aliphatic hydroxyl groups excluding tert-OH is 4. The van der Waals surface area contributed by atoms with E-state index in [0.29, 0.717) is 36.2 Å². The Morgan fingerprint density at radius 2 is 1.57 bits per heavy atom. The maximum atomic E-state index is 13.8. The first-order valence-corrected chi connectivity index (χ1v) is 18.3. The molecule has 46 heavy (non-hydrogen) atoms. The molecule has 6 rings (SSSR count). The molecule has 1 saturated heterocycles. The molecule has 4 N–H and O–H groups in total. The summed E-state index contributed by atoms with van der Waals surface area (Å²) in [7, 11) is 0. The largest absolute Gasteiger partial charge is 0.466 e. The van der Waals surface area contributed by atoms with Gasteiger partial charge in [-0.05, 0) is 129 Å². The summed E-state index contributed by atoms with van der Waals surface area (Å²) in [6.45, 7) is 20.8. The summed E-state index contributed by atoms with van der Waals surface area (Å²) in [5.74, 6) is 2.12. The van der Waals surface area contributed by atoms with Gasteiger partial charge in [0.2, 0.25) is 0 Å². The number of carbonyl (C=O) groups excluding carboxylic acids is 1. The van der Waals surface area contributed by atoms with Crippen LogP contribution in [0.2, 0.25) is 0 Å². The summed E-state index contributed by atoms with van der Waals surface area (Å²) in [4.78, 5) is 13.8. The minimum Gasteiger partial charge on any atom is -0.466 e. The molecule has 1 heterocycles. The maximum Gasteiger partial charge on any atom is 0.312 e. The molecule has 5 aliphatic carbocycles. The van der Waals surface area contributed by atoms with E-state index in [1.54, 1.807) is 0 Å². The molecule has 8 heteroatoms.